The van der Waals surface area contributed by atoms with E-state index in [0.29, 0.717) is 12.5 Å². The highest BCUT2D eigenvalue weighted by Crippen LogP contribution is 2.28. The molecule has 25 heavy (non-hydrogen) atoms. The van der Waals surface area contributed by atoms with Crippen molar-refractivity contribution >= 4 is 22.8 Å². The van der Waals surface area contributed by atoms with E-state index in [9.17, 15) is 4.79 Å². The zero-order chi connectivity index (χ0) is 17.2. The standard InChI is InChI=1S/C18H26N6O/c1-2-13-11-20-17-16(13)18(22-12-21-17)24-9-7-23(8-10-24)14-3-4-15(25)19-6-5-14/h11-12,14H,2-10H2,1H3,(H,19,25)(H,20,21,22)/t14-/m0/s1. The second-order valence-corrected chi connectivity index (χ2v) is 6.94. The van der Waals surface area contributed by atoms with E-state index in [-0.39, 0.29) is 5.91 Å². The van der Waals surface area contributed by atoms with E-state index < -0.39 is 0 Å². The highest BCUT2D eigenvalue weighted by Gasteiger charge is 2.27. The van der Waals surface area contributed by atoms with Crippen molar-refractivity contribution in [2.24, 2.45) is 0 Å². The van der Waals surface area contributed by atoms with Gasteiger partial charge >= 0.3 is 0 Å². The number of piperazine rings is 1. The van der Waals surface area contributed by atoms with Crippen molar-refractivity contribution in [2.45, 2.75) is 38.6 Å². The van der Waals surface area contributed by atoms with Gasteiger partial charge < -0.3 is 15.2 Å². The molecule has 134 valence electrons. The minimum atomic E-state index is 0.198. The number of nitrogens with one attached hydrogen (secondary N) is 2. The van der Waals surface area contributed by atoms with Crippen LogP contribution < -0.4 is 10.2 Å². The fraction of sp³-hybridized carbons (Fsp3) is 0.611. The molecule has 0 unspecified atom stereocenters. The van der Waals surface area contributed by atoms with Crippen molar-refractivity contribution in [3.05, 3.63) is 18.1 Å². The summed E-state index contributed by atoms with van der Waals surface area (Å²) in [6, 6.07) is 0.518. The van der Waals surface area contributed by atoms with E-state index in [4.69, 9.17) is 0 Å². The van der Waals surface area contributed by atoms with Crippen molar-refractivity contribution in [1.29, 1.82) is 0 Å². The average molecular weight is 342 g/mol. The van der Waals surface area contributed by atoms with Crippen molar-refractivity contribution in [2.75, 3.05) is 37.6 Å². The summed E-state index contributed by atoms with van der Waals surface area (Å²) in [6.45, 7) is 6.96. The lowest BCUT2D eigenvalue weighted by Crippen LogP contribution is -2.50. The summed E-state index contributed by atoms with van der Waals surface area (Å²) in [7, 11) is 0. The monoisotopic (exact) mass is 342 g/mol. The first kappa shape index (κ1) is 16.3. The minimum Gasteiger partial charge on any atom is -0.356 e. The van der Waals surface area contributed by atoms with Crippen LogP contribution in [0.4, 0.5) is 5.82 Å². The molecule has 7 nitrogen and oxygen atoms in total. The maximum Gasteiger partial charge on any atom is 0.220 e. The number of rotatable bonds is 3. The van der Waals surface area contributed by atoms with Gasteiger partial charge in [-0.15, -0.1) is 0 Å². The Morgan fingerprint density at radius 2 is 2.04 bits per heavy atom. The number of hydrogen-bond acceptors (Lipinski definition) is 5. The third-order valence-corrected chi connectivity index (χ3v) is 5.55. The van der Waals surface area contributed by atoms with Crippen LogP contribution in [-0.2, 0) is 11.2 Å². The summed E-state index contributed by atoms with van der Waals surface area (Å²) in [4.78, 5) is 28.7. The highest BCUT2D eigenvalue weighted by atomic mass is 16.1. The van der Waals surface area contributed by atoms with Crippen molar-refractivity contribution in [3.8, 4) is 0 Å². The summed E-state index contributed by atoms with van der Waals surface area (Å²) in [5, 5.41) is 4.15. The number of carbonyl (C=O) groups is 1. The number of anilines is 1. The van der Waals surface area contributed by atoms with Crippen LogP contribution in [0.3, 0.4) is 0 Å². The molecule has 1 atom stereocenters. The normalized spacial score (nSPS) is 22.8. The van der Waals surface area contributed by atoms with Gasteiger partial charge in [-0.25, -0.2) is 9.97 Å². The van der Waals surface area contributed by atoms with E-state index in [0.717, 1.165) is 63.5 Å². The largest absolute Gasteiger partial charge is 0.356 e. The van der Waals surface area contributed by atoms with Gasteiger partial charge in [0.2, 0.25) is 5.91 Å². The molecule has 4 rings (SSSR count). The van der Waals surface area contributed by atoms with E-state index >= 15 is 0 Å². The van der Waals surface area contributed by atoms with Crippen LogP contribution in [0.15, 0.2) is 12.5 Å². The zero-order valence-corrected chi connectivity index (χ0v) is 14.8. The second-order valence-electron chi connectivity index (χ2n) is 6.94. The Labute approximate surface area is 147 Å². The molecule has 2 fully saturated rings. The molecule has 1 amide bonds. The number of hydrogen-bond donors (Lipinski definition) is 2. The van der Waals surface area contributed by atoms with E-state index in [2.05, 4.69) is 43.2 Å². The summed E-state index contributed by atoms with van der Waals surface area (Å²) >= 11 is 0. The Balaban J connectivity index is 1.47. The van der Waals surface area contributed by atoms with Crippen molar-refractivity contribution in [3.63, 3.8) is 0 Å². The lowest BCUT2D eigenvalue weighted by Gasteiger charge is -2.39. The molecular weight excluding hydrogens is 316 g/mol. The maximum atomic E-state index is 11.6. The summed E-state index contributed by atoms with van der Waals surface area (Å²) in [5.74, 6) is 1.25. The second kappa shape index (κ2) is 7.00. The van der Waals surface area contributed by atoms with Crippen LogP contribution in [0.5, 0.6) is 0 Å². The molecule has 0 radical (unpaired) electrons. The van der Waals surface area contributed by atoms with Crippen LogP contribution in [0.1, 0.15) is 31.7 Å². The predicted octanol–water partition coefficient (Wildman–Crippen LogP) is 1.31. The molecule has 0 spiro atoms. The van der Waals surface area contributed by atoms with E-state index in [1.165, 1.54) is 10.9 Å². The number of H-pyrrole nitrogens is 1. The molecule has 2 N–H and O–H groups in total. The molecule has 0 aliphatic carbocycles. The molecule has 4 heterocycles. The van der Waals surface area contributed by atoms with Crippen LogP contribution in [0.2, 0.25) is 0 Å². The Hall–Kier alpha value is -2.15. The molecular formula is C18H26N6O. The average Bonchev–Trinajstić information content (AvgIpc) is 2.96. The molecule has 2 aromatic rings. The summed E-state index contributed by atoms with van der Waals surface area (Å²) < 4.78 is 0. The Morgan fingerprint density at radius 3 is 2.84 bits per heavy atom. The molecule has 2 saturated heterocycles. The topological polar surface area (TPSA) is 77.2 Å². The van der Waals surface area contributed by atoms with Crippen molar-refractivity contribution in [1.82, 2.24) is 25.2 Å². The first-order valence-corrected chi connectivity index (χ1v) is 9.33. The van der Waals surface area contributed by atoms with Crippen LogP contribution >= 0.6 is 0 Å². The van der Waals surface area contributed by atoms with Crippen molar-refractivity contribution < 1.29 is 4.79 Å². The Bertz CT molecular complexity index is 749. The quantitative estimate of drug-likeness (QED) is 0.879. The number of aryl methyl sites for hydroxylation is 1. The van der Waals surface area contributed by atoms with Crippen LogP contribution in [-0.4, -0.2) is 64.5 Å². The predicted molar refractivity (Wildman–Crippen MR) is 97.7 cm³/mol. The number of aromatic amines is 1. The molecule has 0 saturated carbocycles. The molecule has 2 aliphatic heterocycles. The number of fused-ring (bicyclic) bond motifs is 1. The van der Waals surface area contributed by atoms with Gasteiger partial charge in [0.25, 0.3) is 0 Å². The molecule has 0 bridgehead atoms. The van der Waals surface area contributed by atoms with Gasteiger partial charge in [-0.05, 0) is 24.8 Å². The van der Waals surface area contributed by atoms with Gasteiger partial charge in [0.15, 0.2) is 0 Å². The zero-order valence-electron chi connectivity index (χ0n) is 14.8. The minimum absolute atomic E-state index is 0.198. The summed E-state index contributed by atoms with van der Waals surface area (Å²) in [5.41, 5.74) is 2.21. The molecule has 0 aromatic carbocycles. The summed E-state index contributed by atoms with van der Waals surface area (Å²) in [6.07, 6.45) is 7.37. The van der Waals surface area contributed by atoms with Crippen LogP contribution in [0.25, 0.3) is 11.0 Å². The highest BCUT2D eigenvalue weighted by molar-refractivity contribution is 5.90. The van der Waals surface area contributed by atoms with Gasteiger partial charge in [-0.2, -0.15) is 0 Å². The third kappa shape index (κ3) is 3.20. The SMILES string of the molecule is CCc1c[nH]c2ncnc(N3CCN([C@@H]4CCNC(=O)CC4)CC3)c12. The van der Waals surface area contributed by atoms with Gasteiger partial charge in [0.1, 0.15) is 17.8 Å². The first-order valence-electron chi connectivity index (χ1n) is 9.33. The van der Waals surface area contributed by atoms with Gasteiger partial charge in [-0.1, -0.05) is 6.92 Å². The van der Waals surface area contributed by atoms with E-state index in [1.807, 2.05) is 0 Å². The Morgan fingerprint density at radius 1 is 1.20 bits per heavy atom. The fourth-order valence-electron chi connectivity index (χ4n) is 4.10. The number of amides is 1. The molecule has 7 heteroatoms. The van der Waals surface area contributed by atoms with Gasteiger partial charge in [-0.3, -0.25) is 9.69 Å². The number of nitrogens with zero attached hydrogens (tertiary/aromatic N) is 4. The smallest absolute Gasteiger partial charge is 0.220 e. The van der Waals surface area contributed by atoms with Gasteiger partial charge in [0.05, 0.1) is 5.39 Å². The van der Waals surface area contributed by atoms with Crippen LogP contribution in [0, 0.1) is 0 Å². The Kier molecular flexibility index (Phi) is 4.57. The van der Waals surface area contributed by atoms with E-state index in [1.54, 1.807) is 6.33 Å². The molecule has 2 aliphatic rings. The first-order chi connectivity index (χ1) is 12.3. The lowest BCUT2D eigenvalue weighted by molar-refractivity contribution is -0.120. The number of carbonyl (C=O) groups excluding carboxylic acids is 1. The fourth-order valence-corrected chi connectivity index (χ4v) is 4.10. The maximum absolute atomic E-state index is 11.6. The third-order valence-electron chi connectivity index (χ3n) is 5.55. The molecule has 2 aromatic heterocycles. The number of aromatic nitrogens is 3. The lowest BCUT2D eigenvalue weighted by atomic mass is 10.1. The van der Waals surface area contributed by atoms with Gasteiger partial charge in [0, 0.05) is 51.4 Å².